The lowest BCUT2D eigenvalue weighted by Gasteiger charge is -2.23. The predicted octanol–water partition coefficient (Wildman–Crippen LogP) is 6.34. The Morgan fingerprint density at radius 1 is 0.977 bits per heavy atom. The lowest BCUT2D eigenvalue weighted by molar-refractivity contribution is 0.0953. The Hall–Kier alpha value is -3.53. The SMILES string of the molecule is CCOP(=O)(CCCNC(=O)c1ccc(-n2cc(-c3cccc(OC)c3)c3c(N)ncnc32)cc1)CP(=O)(OCC)OCC. The van der Waals surface area contributed by atoms with Crippen molar-refractivity contribution >= 4 is 37.7 Å². The Kier molecular flexibility index (Phi) is 11.4. The van der Waals surface area contributed by atoms with Gasteiger partial charge in [0.05, 0.1) is 32.3 Å². The first-order valence-electron chi connectivity index (χ1n) is 14.4. The van der Waals surface area contributed by atoms with Gasteiger partial charge in [0, 0.05) is 35.7 Å². The third kappa shape index (κ3) is 7.94. The topological polar surface area (TPSA) is 157 Å². The van der Waals surface area contributed by atoms with Crippen molar-refractivity contribution < 1.29 is 32.2 Å². The van der Waals surface area contributed by atoms with Gasteiger partial charge in [0.1, 0.15) is 23.8 Å². The number of nitrogens with two attached hydrogens (primary N) is 1. The molecule has 1 amide bonds. The van der Waals surface area contributed by atoms with E-state index in [0.29, 0.717) is 34.6 Å². The number of methoxy groups -OCH3 is 1. The molecule has 4 aromatic rings. The van der Waals surface area contributed by atoms with E-state index >= 15 is 0 Å². The molecule has 236 valence electrons. The highest BCUT2D eigenvalue weighted by Crippen LogP contribution is 2.63. The summed E-state index contributed by atoms with van der Waals surface area (Å²) in [7, 11) is -5.25. The molecule has 0 saturated heterocycles. The summed E-state index contributed by atoms with van der Waals surface area (Å²) in [6.45, 7) is 5.92. The maximum Gasteiger partial charge on any atom is 0.340 e. The number of anilines is 1. The molecule has 0 aliphatic carbocycles. The van der Waals surface area contributed by atoms with Gasteiger partial charge in [-0.2, -0.15) is 0 Å². The standard InChI is InChI=1S/C30H39N5O7P2/c1-5-40-43(37,21-44(38,41-6-2)42-7-3)17-9-16-32-30(36)22-12-14-24(15-13-22)35-19-26(23-10-8-11-25(18-23)39-4)27-28(31)33-20-34-29(27)35/h8,10-15,18-20H,5-7,9,16-17,21H2,1-4H3,(H,32,36)(H2,31,33,34). The highest BCUT2D eigenvalue weighted by molar-refractivity contribution is 7.73. The second-order valence-electron chi connectivity index (χ2n) is 9.80. The van der Waals surface area contributed by atoms with Crippen LogP contribution in [0.25, 0.3) is 27.8 Å². The van der Waals surface area contributed by atoms with Gasteiger partial charge in [0.2, 0.25) is 7.37 Å². The average molecular weight is 644 g/mol. The number of benzene rings is 2. The first-order valence-corrected chi connectivity index (χ1v) is 18.1. The van der Waals surface area contributed by atoms with Gasteiger partial charge in [-0.15, -0.1) is 0 Å². The quantitative estimate of drug-likeness (QED) is 0.104. The van der Waals surface area contributed by atoms with Crippen LogP contribution in [0.3, 0.4) is 0 Å². The van der Waals surface area contributed by atoms with E-state index in [1.807, 2.05) is 47.2 Å². The molecule has 1 unspecified atom stereocenters. The maximum atomic E-state index is 13.4. The molecule has 0 radical (unpaired) electrons. The van der Waals surface area contributed by atoms with Gasteiger partial charge in [0.25, 0.3) is 5.91 Å². The molecule has 12 nitrogen and oxygen atoms in total. The van der Waals surface area contributed by atoms with Crippen molar-refractivity contribution in [3.8, 4) is 22.6 Å². The van der Waals surface area contributed by atoms with Crippen LogP contribution in [-0.2, 0) is 22.7 Å². The van der Waals surface area contributed by atoms with Crippen LogP contribution < -0.4 is 15.8 Å². The molecule has 0 aliphatic rings. The number of nitrogen functional groups attached to an aromatic ring is 1. The van der Waals surface area contributed by atoms with Crippen LogP contribution in [0.1, 0.15) is 37.6 Å². The number of fused-ring (bicyclic) bond motifs is 1. The largest absolute Gasteiger partial charge is 0.497 e. The average Bonchev–Trinajstić information content (AvgIpc) is 3.40. The van der Waals surface area contributed by atoms with E-state index in [-0.39, 0.29) is 44.3 Å². The molecule has 1 atom stereocenters. The van der Waals surface area contributed by atoms with Crippen LogP contribution in [0, 0.1) is 0 Å². The van der Waals surface area contributed by atoms with Crippen molar-refractivity contribution in [3.05, 3.63) is 66.6 Å². The van der Waals surface area contributed by atoms with Crippen molar-refractivity contribution in [2.24, 2.45) is 0 Å². The van der Waals surface area contributed by atoms with Gasteiger partial charge in [0.15, 0.2) is 5.65 Å². The number of rotatable bonds is 16. The fraction of sp³-hybridized carbons (Fsp3) is 0.367. The molecular weight excluding hydrogens is 604 g/mol. The number of nitrogens with zero attached hydrogens (tertiary/aromatic N) is 3. The number of aromatic nitrogens is 3. The smallest absolute Gasteiger partial charge is 0.340 e. The summed E-state index contributed by atoms with van der Waals surface area (Å²) in [5.74, 6) is 0.494. The Morgan fingerprint density at radius 3 is 2.34 bits per heavy atom. The maximum absolute atomic E-state index is 13.4. The summed E-state index contributed by atoms with van der Waals surface area (Å²) in [5, 5.41) is 3.57. The normalized spacial score (nSPS) is 13.1. The molecule has 2 aromatic carbocycles. The zero-order chi connectivity index (χ0) is 31.7. The van der Waals surface area contributed by atoms with E-state index < -0.39 is 15.0 Å². The first kappa shape index (κ1) is 33.4. The van der Waals surface area contributed by atoms with Gasteiger partial charge >= 0.3 is 7.60 Å². The third-order valence-corrected chi connectivity index (χ3v) is 12.9. The molecule has 0 bridgehead atoms. The number of hydrogen-bond acceptors (Lipinski definition) is 10. The van der Waals surface area contributed by atoms with Crippen LogP contribution >= 0.6 is 15.0 Å². The number of carbonyl (C=O) groups excluding carboxylic acids is 1. The van der Waals surface area contributed by atoms with Crippen LogP contribution in [0.5, 0.6) is 5.75 Å². The van der Waals surface area contributed by atoms with Crippen molar-refractivity contribution in [2.45, 2.75) is 27.2 Å². The zero-order valence-electron chi connectivity index (χ0n) is 25.4. The molecule has 2 aromatic heterocycles. The monoisotopic (exact) mass is 643 g/mol. The van der Waals surface area contributed by atoms with Crippen molar-refractivity contribution in [1.29, 1.82) is 0 Å². The molecule has 0 aliphatic heterocycles. The number of hydrogen-bond donors (Lipinski definition) is 2. The zero-order valence-corrected chi connectivity index (χ0v) is 27.2. The molecular formula is C30H39N5O7P2. The minimum Gasteiger partial charge on any atom is -0.497 e. The summed E-state index contributed by atoms with van der Waals surface area (Å²) in [6, 6.07) is 14.7. The summed E-state index contributed by atoms with van der Waals surface area (Å²) >= 11 is 0. The molecule has 44 heavy (non-hydrogen) atoms. The highest BCUT2D eigenvalue weighted by atomic mass is 31.2. The Morgan fingerprint density at radius 2 is 1.68 bits per heavy atom. The molecule has 3 N–H and O–H groups in total. The Bertz CT molecular complexity index is 1670. The fourth-order valence-corrected chi connectivity index (χ4v) is 10.6. The lowest BCUT2D eigenvalue weighted by Crippen LogP contribution is -2.25. The lowest BCUT2D eigenvalue weighted by atomic mass is 10.1. The van der Waals surface area contributed by atoms with E-state index in [9.17, 15) is 13.9 Å². The molecule has 14 heteroatoms. The second kappa shape index (κ2) is 15.0. The van der Waals surface area contributed by atoms with Gasteiger partial charge in [-0.05, 0) is 69.2 Å². The molecule has 4 rings (SSSR count). The second-order valence-corrected chi connectivity index (χ2v) is 15.0. The summed E-state index contributed by atoms with van der Waals surface area (Å²) in [5.41, 5.74) is 9.90. The van der Waals surface area contributed by atoms with Crippen molar-refractivity contribution in [3.63, 3.8) is 0 Å². The highest BCUT2D eigenvalue weighted by Gasteiger charge is 2.36. The van der Waals surface area contributed by atoms with Crippen molar-refractivity contribution in [1.82, 2.24) is 19.9 Å². The van der Waals surface area contributed by atoms with E-state index in [4.69, 9.17) is 24.0 Å². The molecule has 0 spiro atoms. The number of nitrogens with one attached hydrogen (secondary N) is 1. The van der Waals surface area contributed by atoms with Gasteiger partial charge in [-0.1, -0.05) is 12.1 Å². The number of ether oxygens (including phenoxy) is 1. The minimum atomic E-state index is -3.55. The van der Waals surface area contributed by atoms with Crippen LogP contribution in [0.4, 0.5) is 5.82 Å². The van der Waals surface area contributed by atoms with E-state index in [1.54, 1.807) is 40.0 Å². The molecule has 0 saturated carbocycles. The van der Waals surface area contributed by atoms with Crippen molar-refractivity contribution in [2.75, 3.05) is 51.3 Å². The van der Waals surface area contributed by atoms with Crippen LogP contribution in [-0.4, -0.2) is 66.0 Å². The van der Waals surface area contributed by atoms with E-state index in [0.717, 1.165) is 16.8 Å². The number of carbonyl (C=O) groups is 1. The fourth-order valence-electron chi connectivity index (χ4n) is 4.88. The Balaban J connectivity index is 1.45. The van der Waals surface area contributed by atoms with E-state index in [2.05, 4.69) is 15.3 Å². The van der Waals surface area contributed by atoms with Crippen LogP contribution in [0.15, 0.2) is 61.1 Å². The number of amides is 1. The Labute approximate surface area is 257 Å². The predicted molar refractivity (Wildman–Crippen MR) is 172 cm³/mol. The minimum absolute atomic E-state index is 0.130. The molecule has 2 heterocycles. The van der Waals surface area contributed by atoms with E-state index in [1.165, 1.54) is 6.33 Å². The van der Waals surface area contributed by atoms with Gasteiger partial charge in [-0.25, -0.2) is 9.97 Å². The molecule has 0 fully saturated rings. The summed E-state index contributed by atoms with van der Waals surface area (Å²) in [6.07, 6.45) is 3.85. The summed E-state index contributed by atoms with van der Waals surface area (Å²) in [4.78, 5) is 21.6. The van der Waals surface area contributed by atoms with Gasteiger partial charge in [-0.3, -0.25) is 13.9 Å². The van der Waals surface area contributed by atoms with Crippen LogP contribution in [0.2, 0.25) is 0 Å². The first-order chi connectivity index (χ1) is 21.2. The van der Waals surface area contributed by atoms with Gasteiger partial charge < -0.3 is 33.9 Å². The summed E-state index contributed by atoms with van der Waals surface area (Å²) < 4.78 is 49.8. The third-order valence-electron chi connectivity index (χ3n) is 6.77.